The summed E-state index contributed by atoms with van der Waals surface area (Å²) in [4.78, 5) is 30.4. The SMILES string of the molecule is N#Cc1ccc2nc(NC(=O)C3CCC3C(N)=O)[nH]c2c1. The van der Waals surface area contributed by atoms with E-state index >= 15 is 0 Å². The Bertz CT molecular complexity index is 773. The lowest BCUT2D eigenvalue weighted by atomic mass is 9.72. The summed E-state index contributed by atoms with van der Waals surface area (Å²) in [5.74, 6) is -1.17. The van der Waals surface area contributed by atoms with E-state index in [-0.39, 0.29) is 17.7 Å². The average Bonchev–Trinajstić information content (AvgIpc) is 2.77. The zero-order valence-corrected chi connectivity index (χ0v) is 11.1. The zero-order valence-electron chi connectivity index (χ0n) is 11.1. The minimum absolute atomic E-state index is 0.260. The number of nitrogens with two attached hydrogens (primary N) is 1. The molecule has 106 valence electrons. The number of hydrogen-bond donors (Lipinski definition) is 3. The fourth-order valence-electron chi connectivity index (χ4n) is 2.50. The molecule has 2 unspecified atom stereocenters. The second kappa shape index (κ2) is 4.90. The quantitative estimate of drug-likeness (QED) is 0.773. The minimum atomic E-state index is -0.440. The monoisotopic (exact) mass is 283 g/mol. The molecule has 1 aliphatic rings. The van der Waals surface area contributed by atoms with Gasteiger partial charge < -0.3 is 10.7 Å². The van der Waals surface area contributed by atoms with Gasteiger partial charge >= 0.3 is 0 Å². The van der Waals surface area contributed by atoms with Crippen molar-refractivity contribution in [2.45, 2.75) is 12.8 Å². The van der Waals surface area contributed by atoms with Gasteiger partial charge in [-0.3, -0.25) is 14.9 Å². The van der Waals surface area contributed by atoms with Gasteiger partial charge in [-0.15, -0.1) is 0 Å². The molecule has 0 radical (unpaired) electrons. The smallest absolute Gasteiger partial charge is 0.230 e. The predicted octanol–water partition coefficient (Wildman–Crippen LogP) is 0.885. The number of amides is 2. The number of anilines is 1. The third kappa shape index (κ3) is 2.31. The van der Waals surface area contributed by atoms with E-state index in [1.807, 2.05) is 6.07 Å². The number of carbonyl (C=O) groups is 2. The molecule has 2 atom stereocenters. The first-order valence-corrected chi connectivity index (χ1v) is 6.58. The molecule has 21 heavy (non-hydrogen) atoms. The number of primary amides is 1. The van der Waals surface area contributed by atoms with Crippen LogP contribution in [-0.2, 0) is 9.59 Å². The summed E-state index contributed by atoms with van der Waals surface area (Å²) in [6, 6.07) is 7.06. The summed E-state index contributed by atoms with van der Waals surface area (Å²) in [5, 5.41) is 11.5. The Balaban J connectivity index is 1.77. The molecule has 7 heteroatoms. The van der Waals surface area contributed by atoms with Crippen LogP contribution in [0.25, 0.3) is 11.0 Å². The first kappa shape index (κ1) is 13.1. The number of nitriles is 1. The summed E-state index contributed by atoms with van der Waals surface area (Å²) in [5.41, 5.74) is 7.08. The van der Waals surface area contributed by atoms with Crippen molar-refractivity contribution in [2.24, 2.45) is 17.6 Å². The van der Waals surface area contributed by atoms with Gasteiger partial charge in [0.05, 0.1) is 22.7 Å². The van der Waals surface area contributed by atoms with Crippen LogP contribution in [0.2, 0.25) is 0 Å². The number of H-pyrrole nitrogens is 1. The Hall–Kier alpha value is -2.88. The molecule has 0 aliphatic heterocycles. The zero-order chi connectivity index (χ0) is 15.0. The lowest BCUT2D eigenvalue weighted by Gasteiger charge is -2.32. The first-order chi connectivity index (χ1) is 10.1. The van der Waals surface area contributed by atoms with Crippen LogP contribution in [-0.4, -0.2) is 21.8 Å². The molecule has 2 aromatic rings. The molecule has 0 spiro atoms. The van der Waals surface area contributed by atoms with Gasteiger partial charge in [-0.25, -0.2) is 4.98 Å². The van der Waals surface area contributed by atoms with E-state index in [4.69, 9.17) is 11.0 Å². The highest BCUT2D eigenvalue weighted by atomic mass is 16.2. The number of aromatic amines is 1. The maximum Gasteiger partial charge on any atom is 0.230 e. The maximum atomic E-state index is 12.1. The van der Waals surface area contributed by atoms with E-state index in [1.165, 1.54) is 0 Å². The second-order valence-corrected chi connectivity index (χ2v) is 5.11. The predicted molar refractivity (Wildman–Crippen MR) is 74.8 cm³/mol. The van der Waals surface area contributed by atoms with E-state index < -0.39 is 5.91 Å². The number of hydrogen-bond acceptors (Lipinski definition) is 4. The Morgan fingerprint density at radius 1 is 1.38 bits per heavy atom. The van der Waals surface area contributed by atoms with Crippen molar-refractivity contribution in [2.75, 3.05) is 5.32 Å². The fraction of sp³-hybridized carbons (Fsp3) is 0.286. The summed E-state index contributed by atoms with van der Waals surface area (Å²) >= 11 is 0. The van der Waals surface area contributed by atoms with Crippen molar-refractivity contribution in [3.8, 4) is 6.07 Å². The van der Waals surface area contributed by atoms with Gasteiger partial charge in [0.15, 0.2) is 0 Å². The van der Waals surface area contributed by atoms with Crippen molar-refractivity contribution in [3.63, 3.8) is 0 Å². The van der Waals surface area contributed by atoms with E-state index in [2.05, 4.69) is 15.3 Å². The highest BCUT2D eigenvalue weighted by Gasteiger charge is 2.40. The molecule has 1 heterocycles. The molecule has 1 fully saturated rings. The molecule has 0 saturated heterocycles. The number of nitrogens with zero attached hydrogens (tertiary/aromatic N) is 2. The largest absolute Gasteiger partial charge is 0.369 e. The van der Waals surface area contributed by atoms with Crippen molar-refractivity contribution in [1.82, 2.24) is 9.97 Å². The number of carbonyl (C=O) groups excluding carboxylic acids is 2. The highest BCUT2D eigenvalue weighted by Crippen LogP contribution is 2.34. The molecule has 4 N–H and O–H groups in total. The van der Waals surface area contributed by atoms with E-state index in [9.17, 15) is 9.59 Å². The summed E-state index contributed by atoms with van der Waals surface area (Å²) < 4.78 is 0. The Morgan fingerprint density at radius 3 is 2.76 bits per heavy atom. The minimum Gasteiger partial charge on any atom is -0.369 e. The maximum absolute atomic E-state index is 12.1. The van der Waals surface area contributed by atoms with Crippen molar-refractivity contribution in [1.29, 1.82) is 5.26 Å². The lowest BCUT2D eigenvalue weighted by molar-refractivity contribution is -0.135. The third-order valence-corrected chi connectivity index (χ3v) is 3.83. The van der Waals surface area contributed by atoms with Crippen LogP contribution in [0.5, 0.6) is 0 Å². The van der Waals surface area contributed by atoms with Crippen molar-refractivity contribution < 1.29 is 9.59 Å². The van der Waals surface area contributed by atoms with Gasteiger partial charge in [0.25, 0.3) is 0 Å². The van der Waals surface area contributed by atoms with Gasteiger partial charge in [-0.05, 0) is 31.0 Å². The van der Waals surface area contributed by atoms with Gasteiger partial charge in [0.1, 0.15) is 0 Å². The molecule has 1 aliphatic carbocycles. The average molecular weight is 283 g/mol. The van der Waals surface area contributed by atoms with Gasteiger partial charge in [0, 0.05) is 11.8 Å². The molecular formula is C14H13N5O2. The topological polar surface area (TPSA) is 125 Å². The number of rotatable bonds is 3. The summed E-state index contributed by atoms with van der Waals surface area (Å²) in [7, 11) is 0. The summed E-state index contributed by atoms with van der Waals surface area (Å²) in [6.45, 7) is 0. The number of nitrogens with one attached hydrogen (secondary N) is 2. The van der Waals surface area contributed by atoms with Crippen LogP contribution in [0.4, 0.5) is 5.95 Å². The summed E-state index contributed by atoms with van der Waals surface area (Å²) in [6.07, 6.45) is 1.30. The Labute approximate surface area is 120 Å². The van der Waals surface area contributed by atoms with Gasteiger partial charge in [-0.1, -0.05) is 0 Å². The van der Waals surface area contributed by atoms with Crippen molar-refractivity contribution >= 4 is 28.8 Å². The second-order valence-electron chi connectivity index (χ2n) is 5.11. The van der Waals surface area contributed by atoms with Crippen LogP contribution in [0, 0.1) is 23.2 Å². The number of benzene rings is 1. The molecule has 0 bridgehead atoms. The van der Waals surface area contributed by atoms with E-state index in [1.54, 1.807) is 18.2 Å². The molecule has 1 aromatic heterocycles. The lowest BCUT2D eigenvalue weighted by Crippen LogP contribution is -2.43. The molecular weight excluding hydrogens is 270 g/mol. The molecule has 1 saturated carbocycles. The van der Waals surface area contributed by atoms with Gasteiger partial charge in [0.2, 0.25) is 17.8 Å². The first-order valence-electron chi connectivity index (χ1n) is 6.58. The molecule has 3 rings (SSSR count). The van der Waals surface area contributed by atoms with Crippen LogP contribution in [0.1, 0.15) is 18.4 Å². The number of imidazole rings is 1. The molecule has 1 aromatic carbocycles. The van der Waals surface area contributed by atoms with E-state index in [0.717, 1.165) is 0 Å². The highest BCUT2D eigenvalue weighted by molar-refractivity contribution is 5.96. The number of fused-ring (bicyclic) bond motifs is 1. The van der Waals surface area contributed by atoms with Gasteiger partial charge in [-0.2, -0.15) is 5.26 Å². The Morgan fingerprint density at radius 2 is 2.14 bits per heavy atom. The number of aromatic nitrogens is 2. The Kier molecular flexibility index (Phi) is 3.06. The van der Waals surface area contributed by atoms with Crippen LogP contribution < -0.4 is 11.1 Å². The normalized spacial score (nSPS) is 20.5. The fourth-order valence-corrected chi connectivity index (χ4v) is 2.50. The van der Waals surface area contributed by atoms with E-state index in [0.29, 0.717) is 35.4 Å². The molecule has 7 nitrogen and oxygen atoms in total. The van der Waals surface area contributed by atoms with Crippen LogP contribution >= 0.6 is 0 Å². The van der Waals surface area contributed by atoms with Crippen LogP contribution in [0.15, 0.2) is 18.2 Å². The standard InChI is InChI=1S/C14H13N5O2/c15-6-7-1-4-10-11(5-7)18-14(17-10)19-13(21)9-3-2-8(9)12(16)20/h1,4-5,8-9H,2-3H2,(H2,16,20)(H2,17,18,19,21). The third-order valence-electron chi connectivity index (χ3n) is 3.83. The van der Waals surface area contributed by atoms with Crippen molar-refractivity contribution in [3.05, 3.63) is 23.8 Å². The van der Waals surface area contributed by atoms with Crippen LogP contribution in [0.3, 0.4) is 0 Å². The molecule has 2 amide bonds.